The number of aldehydes is 2. The quantitative estimate of drug-likeness (QED) is 0.446. The van der Waals surface area contributed by atoms with E-state index in [2.05, 4.69) is 15.6 Å². The van der Waals surface area contributed by atoms with Gasteiger partial charge in [0.2, 0.25) is 0 Å². The first kappa shape index (κ1) is 23.8. The summed E-state index contributed by atoms with van der Waals surface area (Å²) in [7, 11) is 5.54. The predicted molar refractivity (Wildman–Crippen MR) is 128 cm³/mol. The van der Waals surface area contributed by atoms with Gasteiger partial charge in [-0.15, -0.1) is 0 Å². The average Bonchev–Trinajstić information content (AvgIpc) is 3.19. The van der Waals surface area contributed by atoms with E-state index in [0.29, 0.717) is 22.1 Å². The molecule has 0 unspecified atom stereocenters. The summed E-state index contributed by atoms with van der Waals surface area (Å²) < 4.78 is 1.77. The van der Waals surface area contributed by atoms with Crippen LogP contribution in [0.5, 0.6) is 0 Å². The standard InChI is InChI=1S/C14H9ClN2O.C8H9NO.C2H7N/c15-12-5-3-7-16-14(12)17-11(9-18)8-10-4-1-2-6-13(10)17;1-9-8-5-3-2-4-7(8)6-10;1-3-2/h1-9H;2-6,9H,1H3;3H,1-2H3. The fraction of sp³-hybridized carbons (Fsp3) is 0.125. The number of fused-ring (bicyclic) bond motifs is 1. The van der Waals surface area contributed by atoms with Gasteiger partial charge in [0, 0.05) is 29.9 Å². The lowest BCUT2D eigenvalue weighted by Gasteiger charge is -2.07. The summed E-state index contributed by atoms with van der Waals surface area (Å²) >= 11 is 6.15. The van der Waals surface area contributed by atoms with Crippen molar-refractivity contribution in [2.45, 2.75) is 0 Å². The first-order valence-corrected chi connectivity index (χ1v) is 9.96. The molecule has 4 rings (SSSR count). The van der Waals surface area contributed by atoms with Crippen LogP contribution in [0.25, 0.3) is 16.7 Å². The van der Waals surface area contributed by atoms with Crippen LogP contribution in [0.3, 0.4) is 0 Å². The van der Waals surface area contributed by atoms with Crippen LogP contribution in [0.4, 0.5) is 5.69 Å². The molecule has 0 spiro atoms. The fourth-order valence-electron chi connectivity index (χ4n) is 2.87. The highest BCUT2D eigenvalue weighted by Gasteiger charge is 2.12. The largest absolute Gasteiger partial charge is 0.388 e. The van der Waals surface area contributed by atoms with Gasteiger partial charge in [-0.1, -0.05) is 41.9 Å². The van der Waals surface area contributed by atoms with Gasteiger partial charge in [0.25, 0.3) is 0 Å². The van der Waals surface area contributed by atoms with Crippen molar-refractivity contribution in [3.05, 3.63) is 89.2 Å². The first-order valence-electron chi connectivity index (χ1n) is 9.58. The molecule has 0 aliphatic rings. The molecule has 0 atom stereocenters. The normalized spacial score (nSPS) is 9.68. The summed E-state index contributed by atoms with van der Waals surface area (Å²) in [4.78, 5) is 25.8. The number of benzene rings is 2. The van der Waals surface area contributed by atoms with Crippen molar-refractivity contribution in [1.82, 2.24) is 14.9 Å². The van der Waals surface area contributed by atoms with Gasteiger partial charge in [-0.25, -0.2) is 4.98 Å². The maximum atomic E-state index is 11.2. The monoisotopic (exact) mass is 436 g/mol. The van der Waals surface area contributed by atoms with Crippen molar-refractivity contribution in [1.29, 1.82) is 0 Å². The zero-order valence-corrected chi connectivity index (χ0v) is 18.4. The molecule has 31 heavy (non-hydrogen) atoms. The van der Waals surface area contributed by atoms with Crippen LogP contribution in [0.1, 0.15) is 20.8 Å². The lowest BCUT2D eigenvalue weighted by Crippen LogP contribution is -2.01. The molecule has 4 aromatic rings. The number of para-hydroxylation sites is 2. The molecular formula is C24H25ClN4O2. The van der Waals surface area contributed by atoms with Gasteiger partial charge < -0.3 is 10.6 Å². The van der Waals surface area contributed by atoms with Gasteiger partial charge in [-0.2, -0.15) is 0 Å². The number of hydrogen-bond acceptors (Lipinski definition) is 5. The Kier molecular flexibility index (Phi) is 9.42. The van der Waals surface area contributed by atoms with E-state index < -0.39 is 0 Å². The van der Waals surface area contributed by atoms with Gasteiger partial charge in [0.05, 0.1) is 16.2 Å². The molecule has 6 nitrogen and oxygen atoms in total. The molecule has 0 fully saturated rings. The minimum absolute atomic E-state index is 0.516. The summed E-state index contributed by atoms with van der Waals surface area (Å²) in [5, 5.41) is 7.17. The van der Waals surface area contributed by atoms with Crippen molar-refractivity contribution in [3.8, 4) is 5.82 Å². The third-order valence-electron chi connectivity index (χ3n) is 4.17. The Morgan fingerprint density at radius 2 is 1.58 bits per heavy atom. The lowest BCUT2D eigenvalue weighted by molar-refractivity contribution is 0.111. The van der Waals surface area contributed by atoms with Crippen LogP contribution in [-0.4, -0.2) is 43.3 Å². The Bertz CT molecular complexity index is 1140. The molecule has 0 saturated heterocycles. The fourth-order valence-corrected chi connectivity index (χ4v) is 3.07. The SMILES string of the molecule is CNC.CNc1ccccc1C=O.O=Cc1cc2ccccc2n1-c1ncccc1Cl. The minimum Gasteiger partial charge on any atom is -0.388 e. The van der Waals surface area contributed by atoms with Crippen LogP contribution in [0, 0.1) is 0 Å². The van der Waals surface area contributed by atoms with Gasteiger partial charge >= 0.3 is 0 Å². The molecule has 0 aliphatic heterocycles. The minimum atomic E-state index is 0.516. The summed E-state index contributed by atoms with van der Waals surface area (Å²) in [6, 6.07) is 20.5. The highest BCUT2D eigenvalue weighted by molar-refractivity contribution is 6.32. The number of halogens is 1. The number of nitrogens with zero attached hydrogens (tertiary/aromatic N) is 2. The van der Waals surface area contributed by atoms with Crippen LogP contribution >= 0.6 is 11.6 Å². The van der Waals surface area contributed by atoms with Crippen molar-refractivity contribution < 1.29 is 9.59 Å². The topological polar surface area (TPSA) is 76.0 Å². The lowest BCUT2D eigenvalue weighted by atomic mass is 10.2. The molecule has 0 saturated carbocycles. The number of carbonyl (C=O) groups excluding carboxylic acids is 2. The van der Waals surface area contributed by atoms with Gasteiger partial charge in [0.1, 0.15) is 0 Å². The number of rotatable bonds is 4. The third-order valence-corrected chi connectivity index (χ3v) is 4.46. The molecule has 2 aromatic carbocycles. The molecule has 0 radical (unpaired) electrons. The number of carbonyl (C=O) groups is 2. The zero-order valence-electron chi connectivity index (χ0n) is 17.7. The van der Waals surface area contributed by atoms with E-state index in [0.717, 1.165) is 29.2 Å². The molecule has 160 valence electrons. The van der Waals surface area contributed by atoms with Crippen molar-refractivity contribution >= 4 is 40.8 Å². The predicted octanol–water partition coefficient (Wildman–Crippen LogP) is 4.87. The summed E-state index contributed by atoms with van der Waals surface area (Å²) in [5.41, 5.74) is 3.03. The molecule has 7 heteroatoms. The maximum absolute atomic E-state index is 11.2. The van der Waals surface area contributed by atoms with Crippen LogP contribution in [-0.2, 0) is 0 Å². The third kappa shape index (κ3) is 6.01. The second-order valence-corrected chi connectivity index (χ2v) is 6.75. The number of hydrogen-bond donors (Lipinski definition) is 2. The first-order chi connectivity index (χ1) is 15.1. The van der Waals surface area contributed by atoms with E-state index in [1.165, 1.54) is 0 Å². The Morgan fingerprint density at radius 1 is 0.903 bits per heavy atom. The van der Waals surface area contributed by atoms with Crippen LogP contribution < -0.4 is 10.6 Å². The van der Waals surface area contributed by atoms with Gasteiger partial charge in [-0.3, -0.25) is 14.2 Å². The highest BCUT2D eigenvalue weighted by atomic mass is 35.5. The Labute approximate surface area is 186 Å². The van der Waals surface area contributed by atoms with Crippen LogP contribution in [0.15, 0.2) is 72.9 Å². The number of anilines is 1. The van der Waals surface area contributed by atoms with E-state index in [1.807, 2.05) is 62.6 Å². The van der Waals surface area contributed by atoms with Crippen molar-refractivity contribution in [3.63, 3.8) is 0 Å². The van der Waals surface area contributed by atoms with E-state index in [4.69, 9.17) is 11.6 Å². The maximum Gasteiger partial charge on any atom is 0.166 e. The van der Waals surface area contributed by atoms with E-state index in [9.17, 15) is 9.59 Å². The highest BCUT2D eigenvalue weighted by Crippen LogP contribution is 2.26. The molecule has 0 bridgehead atoms. The number of aromatic nitrogens is 2. The number of pyridine rings is 1. The molecule has 0 aliphatic carbocycles. The Balaban J connectivity index is 0.000000223. The Hall–Kier alpha value is -3.48. The molecule has 0 amide bonds. The molecule has 2 aromatic heterocycles. The Morgan fingerprint density at radius 3 is 2.19 bits per heavy atom. The van der Waals surface area contributed by atoms with Gasteiger partial charge in [-0.05, 0) is 50.5 Å². The summed E-state index contributed by atoms with van der Waals surface area (Å²) in [6.45, 7) is 0. The number of nitrogens with one attached hydrogen (secondary N) is 2. The molecular weight excluding hydrogens is 412 g/mol. The van der Waals surface area contributed by atoms with E-state index in [1.54, 1.807) is 36.0 Å². The summed E-state index contributed by atoms with van der Waals surface area (Å²) in [5.74, 6) is 0.572. The molecule has 2 heterocycles. The zero-order chi connectivity index (χ0) is 22.6. The van der Waals surface area contributed by atoms with Crippen molar-refractivity contribution in [2.24, 2.45) is 0 Å². The van der Waals surface area contributed by atoms with E-state index in [-0.39, 0.29) is 0 Å². The smallest absolute Gasteiger partial charge is 0.166 e. The average molecular weight is 437 g/mol. The molecule has 2 N–H and O–H groups in total. The van der Waals surface area contributed by atoms with Crippen LogP contribution in [0.2, 0.25) is 5.02 Å². The van der Waals surface area contributed by atoms with Gasteiger partial charge in [0.15, 0.2) is 18.4 Å². The summed E-state index contributed by atoms with van der Waals surface area (Å²) in [6.07, 6.45) is 3.31. The van der Waals surface area contributed by atoms with E-state index >= 15 is 0 Å². The van der Waals surface area contributed by atoms with Crippen molar-refractivity contribution in [2.75, 3.05) is 26.5 Å². The second-order valence-electron chi connectivity index (χ2n) is 6.35. The second kappa shape index (κ2) is 12.3.